The molecule has 22 heavy (non-hydrogen) atoms. The highest BCUT2D eigenvalue weighted by molar-refractivity contribution is 5.93. The number of nitrogens with zero attached hydrogens (tertiary/aromatic N) is 1. The Bertz CT molecular complexity index is 673. The summed E-state index contributed by atoms with van der Waals surface area (Å²) >= 11 is 0. The number of carbonyl (C=O) groups excluding carboxylic acids is 1. The Hall–Kier alpha value is -2.53. The van der Waals surface area contributed by atoms with Crippen LogP contribution < -0.4 is 15.1 Å². The molecule has 0 aliphatic carbocycles. The fourth-order valence-electron chi connectivity index (χ4n) is 2.67. The Labute approximate surface area is 129 Å². The lowest BCUT2D eigenvalue weighted by Crippen LogP contribution is -2.30. The van der Waals surface area contributed by atoms with Crippen LogP contribution in [0.15, 0.2) is 48.5 Å². The average molecular weight is 298 g/mol. The number of hydrogen-bond acceptors (Lipinski definition) is 4. The third-order valence-electron chi connectivity index (χ3n) is 3.72. The van der Waals surface area contributed by atoms with Gasteiger partial charge in [0, 0.05) is 23.4 Å². The molecule has 0 bridgehead atoms. The van der Waals surface area contributed by atoms with Gasteiger partial charge in [-0.15, -0.1) is 0 Å². The van der Waals surface area contributed by atoms with Gasteiger partial charge < -0.3 is 9.64 Å². The minimum absolute atomic E-state index is 0.00565. The summed E-state index contributed by atoms with van der Waals surface area (Å²) < 4.78 is 5.94. The first-order chi connectivity index (χ1) is 10.7. The number of ether oxygens (including phenoxy) is 1. The first-order valence-electron chi connectivity index (χ1n) is 7.21. The lowest BCUT2D eigenvalue weighted by Gasteiger charge is -2.24. The van der Waals surface area contributed by atoms with Crippen LogP contribution in [0.2, 0.25) is 0 Å². The molecule has 0 fully saturated rings. The van der Waals surface area contributed by atoms with Gasteiger partial charge in [0.2, 0.25) is 0 Å². The molecule has 5 heteroatoms. The van der Waals surface area contributed by atoms with E-state index in [1.54, 1.807) is 17.6 Å². The predicted molar refractivity (Wildman–Crippen MR) is 83.3 cm³/mol. The number of hydrogen-bond donors (Lipinski definition) is 2. The predicted octanol–water partition coefficient (Wildman–Crippen LogP) is 2.59. The van der Waals surface area contributed by atoms with Gasteiger partial charge in [-0.25, -0.2) is 5.48 Å². The highest BCUT2D eigenvalue weighted by Crippen LogP contribution is 2.29. The lowest BCUT2D eigenvalue weighted by atomic mass is 10.1. The molecule has 0 saturated heterocycles. The first-order valence-corrected chi connectivity index (χ1v) is 7.21. The van der Waals surface area contributed by atoms with E-state index in [1.165, 1.54) is 0 Å². The van der Waals surface area contributed by atoms with Crippen LogP contribution in [0.25, 0.3) is 0 Å². The molecular formula is C17H18N2O3. The van der Waals surface area contributed by atoms with Crippen LogP contribution in [0, 0.1) is 0 Å². The summed E-state index contributed by atoms with van der Waals surface area (Å²) in [5.41, 5.74) is 4.18. The van der Waals surface area contributed by atoms with E-state index in [-0.39, 0.29) is 6.10 Å². The maximum atomic E-state index is 11.5. The van der Waals surface area contributed by atoms with Gasteiger partial charge in [0.1, 0.15) is 11.9 Å². The normalized spacial score (nSPS) is 17.2. The van der Waals surface area contributed by atoms with Crippen molar-refractivity contribution in [2.24, 2.45) is 0 Å². The fourth-order valence-corrected chi connectivity index (χ4v) is 2.67. The molecule has 0 spiro atoms. The Morgan fingerprint density at radius 2 is 2.05 bits per heavy atom. The second-order valence-electron chi connectivity index (χ2n) is 5.41. The Morgan fingerprint density at radius 1 is 1.27 bits per heavy atom. The lowest BCUT2D eigenvalue weighted by molar-refractivity contribution is 0.0705. The molecule has 0 radical (unpaired) electrons. The van der Waals surface area contributed by atoms with Crippen molar-refractivity contribution < 1.29 is 14.7 Å². The van der Waals surface area contributed by atoms with Crippen molar-refractivity contribution in [3.05, 3.63) is 59.7 Å². The topological polar surface area (TPSA) is 61.8 Å². The number of amides is 1. The van der Waals surface area contributed by atoms with Crippen molar-refractivity contribution in [2.45, 2.75) is 19.6 Å². The van der Waals surface area contributed by atoms with E-state index in [0.717, 1.165) is 17.8 Å². The van der Waals surface area contributed by atoms with Gasteiger partial charge in [-0.05, 0) is 31.2 Å². The van der Waals surface area contributed by atoms with E-state index in [9.17, 15) is 4.79 Å². The Morgan fingerprint density at radius 3 is 2.77 bits per heavy atom. The Balaban J connectivity index is 1.93. The van der Waals surface area contributed by atoms with E-state index in [0.29, 0.717) is 17.9 Å². The second kappa shape index (κ2) is 6.07. The summed E-state index contributed by atoms with van der Waals surface area (Å²) in [6, 6.07) is 15.4. The van der Waals surface area contributed by atoms with Crippen LogP contribution >= 0.6 is 0 Å². The third kappa shape index (κ3) is 2.89. The van der Waals surface area contributed by atoms with Crippen molar-refractivity contribution in [3.63, 3.8) is 0 Å². The molecule has 1 aliphatic rings. The van der Waals surface area contributed by atoms with Gasteiger partial charge in [0.05, 0.1) is 6.54 Å². The monoisotopic (exact) mass is 298 g/mol. The van der Waals surface area contributed by atoms with Crippen LogP contribution in [-0.4, -0.2) is 23.8 Å². The van der Waals surface area contributed by atoms with Gasteiger partial charge in [-0.3, -0.25) is 10.0 Å². The average Bonchev–Trinajstić information content (AvgIpc) is 2.72. The second-order valence-corrected chi connectivity index (χ2v) is 5.41. The summed E-state index contributed by atoms with van der Waals surface area (Å²) in [6.45, 7) is 3.48. The number of nitrogens with one attached hydrogen (secondary N) is 1. The van der Waals surface area contributed by atoms with Crippen LogP contribution in [0.3, 0.4) is 0 Å². The van der Waals surface area contributed by atoms with Crippen molar-refractivity contribution in [1.82, 2.24) is 5.48 Å². The number of para-hydroxylation sites is 1. The summed E-state index contributed by atoms with van der Waals surface area (Å²) in [5, 5.41) is 8.74. The van der Waals surface area contributed by atoms with E-state index in [2.05, 4.69) is 17.0 Å². The maximum Gasteiger partial charge on any atom is 0.274 e. The standard InChI is InChI=1S/C17H18N2O3/c1-12-10-19(15-5-3-2-4-6-15)11-14-8-7-13(17(20)18-21)9-16(14)22-12/h2-9,12,21H,10-11H2,1H3,(H,18,20)/t12-/m0/s1. The van der Waals surface area contributed by atoms with Gasteiger partial charge in [0.15, 0.2) is 0 Å². The summed E-state index contributed by atoms with van der Waals surface area (Å²) in [4.78, 5) is 13.8. The molecule has 5 nitrogen and oxygen atoms in total. The third-order valence-corrected chi connectivity index (χ3v) is 3.72. The molecule has 2 aromatic rings. The van der Waals surface area contributed by atoms with Gasteiger partial charge >= 0.3 is 0 Å². The maximum absolute atomic E-state index is 11.5. The molecule has 114 valence electrons. The zero-order chi connectivity index (χ0) is 15.5. The summed E-state index contributed by atoms with van der Waals surface area (Å²) in [7, 11) is 0. The summed E-state index contributed by atoms with van der Waals surface area (Å²) in [6.07, 6.45) is -0.00565. The zero-order valence-corrected chi connectivity index (χ0v) is 12.3. The largest absolute Gasteiger partial charge is 0.488 e. The molecule has 2 N–H and O–H groups in total. The van der Waals surface area contributed by atoms with E-state index in [4.69, 9.17) is 9.94 Å². The molecule has 1 atom stereocenters. The van der Waals surface area contributed by atoms with Crippen molar-refractivity contribution in [2.75, 3.05) is 11.4 Å². The molecule has 0 saturated carbocycles. The van der Waals surface area contributed by atoms with Crippen molar-refractivity contribution >= 4 is 11.6 Å². The molecule has 2 aromatic carbocycles. The van der Waals surface area contributed by atoms with Crippen molar-refractivity contribution in [1.29, 1.82) is 0 Å². The number of anilines is 1. The van der Waals surface area contributed by atoms with Crippen LogP contribution in [0.4, 0.5) is 5.69 Å². The molecule has 0 aromatic heterocycles. The van der Waals surface area contributed by atoms with E-state index >= 15 is 0 Å². The quantitative estimate of drug-likeness (QED) is 0.661. The van der Waals surface area contributed by atoms with E-state index in [1.807, 2.05) is 31.2 Å². The molecule has 1 aliphatic heterocycles. The van der Waals surface area contributed by atoms with E-state index < -0.39 is 5.91 Å². The molecular weight excluding hydrogens is 280 g/mol. The number of carbonyl (C=O) groups is 1. The number of hydroxylamine groups is 1. The Kier molecular flexibility index (Phi) is 3.98. The minimum atomic E-state index is -0.539. The number of fused-ring (bicyclic) bond motifs is 1. The number of rotatable bonds is 2. The van der Waals surface area contributed by atoms with Gasteiger partial charge in [-0.1, -0.05) is 24.3 Å². The zero-order valence-electron chi connectivity index (χ0n) is 12.3. The van der Waals surface area contributed by atoms with Crippen molar-refractivity contribution in [3.8, 4) is 5.75 Å². The first kappa shape index (κ1) is 14.4. The number of benzene rings is 2. The van der Waals surface area contributed by atoms with Gasteiger partial charge in [0.25, 0.3) is 5.91 Å². The van der Waals surface area contributed by atoms with Crippen LogP contribution in [0.1, 0.15) is 22.8 Å². The molecule has 0 unspecified atom stereocenters. The SMILES string of the molecule is C[C@H]1CN(c2ccccc2)Cc2ccc(C(=O)NO)cc2O1. The molecule has 3 rings (SSSR count). The molecule has 1 heterocycles. The van der Waals surface area contributed by atoms with Gasteiger partial charge in [-0.2, -0.15) is 0 Å². The fraction of sp³-hybridized carbons (Fsp3) is 0.235. The highest BCUT2D eigenvalue weighted by atomic mass is 16.5. The minimum Gasteiger partial charge on any atom is -0.488 e. The highest BCUT2D eigenvalue weighted by Gasteiger charge is 2.21. The van der Waals surface area contributed by atoms with Crippen LogP contribution in [0.5, 0.6) is 5.75 Å². The molecule has 1 amide bonds. The summed E-state index contributed by atoms with van der Waals surface area (Å²) in [5.74, 6) is 0.148. The smallest absolute Gasteiger partial charge is 0.274 e. The van der Waals surface area contributed by atoms with Crippen LogP contribution in [-0.2, 0) is 6.54 Å².